The largest absolute Gasteiger partial charge is 0.396 e. The van der Waals surface area contributed by atoms with Crippen molar-refractivity contribution in [2.45, 2.75) is 19.8 Å². The summed E-state index contributed by atoms with van der Waals surface area (Å²) in [4.78, 5) is 4.20. The van der Waals surface area contributed by atoms with E-state index in [0.29, 0.717) is 6.42 Å². The first-order chi connectivity index (χ1) is 6.36. The molecule has 0 spiro atoms. The maximum Gasteiger partial charge on any atom is 0.0526 e. The lowest BCUT2D eigenvalue weighted by Crippen LogP contribution is -2.01. The highest BCUT2D eigenvalue weighted by molar-refractivity contribution is 5.40. The molecule has 0 aliphatic carbocycles. The van der Waals surface area contributed by atoms with Crippen LogP contribution >= 0.6 is 0 Å². The van der Waals surface area contributed by atoms with Crippen LogP contribution in [-0.2, 0) is 6.42 Å². The maximum absolute atomic E-state index is 8.67. The summed E-state index contributed by atoms with van der Waals surface area (Å²) in [5.41, 5.74) is 1.98. The van der Waals surface area contributed by atoms with E-state index in [-0.39, 0.29) is 6.61 Å². The first-order valence-electron chi connectivity index (χ1n) is 4.66. The van der Waals surface area contributed by atoms with E-state index in [9.17, 15) is 0 Å². The monoisotopic (exact) mass is 180 g/mol. The van der Waals surface area contributed by atoms with Crippen molar-refractivity contribution >= 4 is 5.69 Å². The minimum absolute atomic E-state index is 0.161. The third-order valence-corrected chi connectivity index (χ3v) is 1.77. The number of hydrogen-bond donors (Lipinski definition) is 2. The zero-order valence-corrected chi connectivity index (χ0v) is 7.95. The molecule has 1 aromatic rings. The van der Waals surface area contributed by atoms with Crippen LogP contribution in [0.15, 0.2) is 18.3 Å². The van der Waals surface area contributed by atoms with Crippen LogP contribution in [0, 0.1) is 0 Å². The fraction of sp³-hybridized carbons (Fsp3) is 0.500. The molecule has 0 aromatic carbocycles. The van der Waals surface area contributed by atoms with Crippen molar-refractivity contribution in [3.63, 3.8) is 0 Å². The lowest BCUT2D eigenvalue weighted by atomic mass is 10.2. The third-order valence-electron chi connectivity index (χ3n) is 1.77. The van der Waals surface area contributed by atoms with Crippen LogP contribution in [0.5, 0.6) is 0 Å². The number of aliphatic hydroxyl groups excluding tert-OH is 1. The first-order valence-corrected chi connectivity index (χ1v) is 4.66. The Labute approximate surface area is 78.8 Å². The molecule has 1 heterocycles. The van der Waals surface area contributed by atoms with E-state index in [2.05, 4.69) is 17.2 Å². The topological polar surface area (TPSA) is 45.1 Å². The summed E-state index contributed by atoms with van der Waals surface area (Å²) in [6, 6.07) is 3.93. The second-order valence-corrected chi connectivity index (χ2v) is 2.94. The number of pyridine rings is 1. The van der Waals surface area contributed by atoms with Crippen LogP contribution < -0.4 is 5.32 Å². The Morgan fingerprint density at radius 2 is 2.31 bits per heavy atom. The first kappa shape index (κ1) is 9.99. The quantitative estimate of drug-likeness (QED) is 0.720. The normalized spacial score (nSPS) is 10.0. The number of aliphatic hydroxyl groups is 1. The number of nitrogens with one attached hydrogen (secondary N) is 1. The van der Waals surface area contributed by atoms with Crippen molar-refractivity contribution in [3.8, 4) is 0 Å². The van der Waals surface area contributed by atoms with Gasteiger partial charge in [-0.2, -0.15) is 0 Å². The average molecular weight is 180 g/mol. The number of anilines is 1. The average Bonchev–Trinajstić information content (AvgIpc) is 2.17. The molecule has 3 heteroatoms. The molecule has 1 rings (SSSR count). The van der Waals surface area contributed by atoms with Gasteiger partial charge in [0.1, 0.15) is 0 Å². The van der Waals surface area contributed by atoms with E-state index < -0.39 is 0 Å². The van der Waals surface area contributed by atoms with Gasteiger partial charge in [-0.1, -0.05) is 6.92 Å². The molecule has 0 bridgehead atoms. The van der Waals surface area contributed by atoms with E-state index in [1.807, 2.05) is 12.1 Å². The van der Waals surface area contributed by atoms with Crippen molar-refractivity contribution < 1.29 is 5.11 Å². The molecule has 0 aliphatic heterocycles. The fourth-order valence-electron chi connectivity index (χ4n) is 1.06. The van der Waals surface area contributed by atoms with Gasteiger partial charge in [-0.05, 0) is 18.6 Å². The molecule has 1 aromatic heterocycles. The third kappa shape index (κ3) is 3.42. The second-order valence-electron chi connectivity index (χ2n) is 2.94. The SMILES string of the molecule is CCCNc1ccc(CCO)nc1. The van der Waals surface area contributed by atoms with Gasteiger partial charge in [0.15, 0.2) is 0 Å². The van der Waals surface area contributed by atoms with E-state index in [1.165, 1.54) is 0 Å². The molecular formula is C10H16N2O. The minimum atomic E-state index is 0.161. The Kier molecular flexibility index (Phi) is 4.26. The van der Waals surface area contributed by atoms with Gasteiger partial charge in [-0.25, -0.2) is 0 Å². The van der Waals surface area contributed by atoms with Crippen molar-refractivity contribution in [1.82, 2.24) is 4.98 Å². The van der Waals surface area contributed by atoms with Crippen LogP contribution in [0.1, 0.15) is 19.0 Å². The van der Waals surface area contributed by atoms with Gasteiger partial charge in [0.25, 0.3) is 0 Å². The minimum Gasteiger partial charge on any atom is -0.396 e. The van der Waals surface area contributed by atoms with E-state index in [1.54, 1.807) is 6.20 Å². The molecule has 0 atom stereocenters. The summed E-state index contributed by atoms with van der Waals surface area (Å²) >= 11 is 0. The van der Waals surface area contributed by atoms with Crippen LogP contribution in [0.4, 0.5) is 5.69 Å². The molecule has 0 saturated carbocycles. The fourth-order valence-corrected chi connectivity index (χ4v) is 1.06. The van der Waals surface area contributed by atoms with E-state index in [4.69, 9.17) is 5.11 Å². The predicted octanol–water partition coefficient (Wildman–Crippen LogP) is 1.44. The summed E-state index contributed by atoms with van der Waals surface area (Å²) in [5.74, 6) is 0. The lowest BCUT2D eigenvalue weighted by molar-refractivity contribution is 0.298. The smallest absolute Gasteiger partial charge is 0.0526 e. The highest BCUT2D eigenvalue weighted by atomic mass is 16.3. The van der Waals surface area contributed by atoms with Crippen molar-refractivity contribution in [2.24, 2.45) is 0 Å². The second kappa shape index (κ2) is 5.54. The molecule has 0 saturated heterocycles. The number of rotatable bonds is 5. The number of aromatic nitrogens is 1. The van der Waals surface area contributed by atoms with Gasteiger partial charge < -0.3 is 10.4 Å². The van der Waals surface area contributed by atoms with Crippen molar-refractivity contribution in [2.75, 3.05) is 18.5 Å². The number of nitrogens with zero attached hydrogens (tertiary/aromatic N) is 1. The number of hydrogen-bond acceptors (Lipinski definition) is 3. The highest BCUT2D eigenvalue weighted by Crippen LogP contribution is 2.06. The Bertz CT molecular complexity index is 233. The zero-order chi connectivity index (χ0) is 9.52. The van der Waals surface area contributed by atoms with Gasteiger partial charge in [0.2, 0.25) is 0 Å². The van der Waals surface area contributed by atoms with Crippen LogP contribution in [0.2, 0.25) is 0 Å². The van der Waals surface area contributed by atoms with Gasteiger partial charge in [0.05, 0.1) is 11.9 Å². The van der Waals surface area contributed by atoms with Crippen molar-refractivity contribution in [3.05, 3.63) is 24.0 Å². The predicted molar refractivity (Wildman–Crippen MR) is 53.8 cm³/mol. The van der Waals surface area contributed by atoms with Crippen molar-refractivity contribution in [1.29, 1.82) is 0 Å². The van der Waals surface area contributed by atoms with Crippen LogP contribution in [0.25, 0.3) is 0 Å². The van der Waals surface area contributed by atoms with Gasteiger partial charge in [-0.15, -0.1) is 0 Å². The molecule has 0 amide bonds. The zero-order valence-electron chi connectivity index (χ0n) is 7.95. The molecule has 0 aliphatic rings. The maximum atomic E-state index is 8.67. The molecule has 0 unspecified atom stereocenters. The molecule has 3 nitrogen and oxygen atoms in total. The molecule has 2 N–H and O–H groups in total. The molecule has 0 fully saturated rings. The molecule has 0 radical (unpaired) electrons. The Hall–Kier alpha value is -1.09. The van der Waals surface area contributed by atoms with Gasteiger partial charge >= 0.3 is 0 Å². The Morgan fingerprint density at radius 3 is 2.85 bits per heavy atom. The summed E-state index contributed by atoms with van der Waals surface area (Å²) < 4.78 is 0. The molecule has 72 valence electrons. The van der Waals surface area contributed by atoms with E-state index in [0.717, 1.165) is 24.3 Å². The summed E-state index contributed by atoms with van der Waals surface area (Å²) in [7, 11) is 0. The van der Waals surface area contributed by atoms with Crippen LogP contribution in [0.3, 0.4) is 0 Å². The molecular weight excluding hydrogens is 164 g/mol. The van der Waals surface area contributed by atoms with Gasteiger partial charge in [0, 0.05) is 25.3 Å². The van der Waals surface area contributed by atoms with E-state index >= 15 is 0 Å². The molecule has 13 heavy (non-hydrogen) atoms. The Balaban J connectivity index is 2.48. The summed E-state index contributed by atoms with van der Waals surface area (Å²) in [5, 5.41) is 11.9. The highest BCUT2D eigenvalue weighted by Gasteiger charge is 1.93. The van der Waals surface area contributed by atoms with Crippen LogP contribution in [-0.4, -0.2) is 23.2 Å². The lowest BCUT2D eigenvalue weighted by Gasteiger charge is -2.04. The summed E-state index contributed by atoms with van der Waals surface area (Å²) in [6.07, 6.45) is 3.55. The van der Waals surface area contributed by atoms with Gasteiger partial charge in [-0.3, -0.25) is 4.98 Å². The summed E-state index contributed by atoms with van der Waals surface area (Å²) in [6.45, 7) is 3.26. The standard InChI is InChI=1S/C10H16N2O/c1-2-6-11-10-4-3-9(5-7-13)12-8-10/h3-4,8,11,13H,2,5-7H2,1H3. The Morgan fingerprint density at radius 1 is 1.46 bits per heavy atom.